The van der Waals surface area contributed by atoms with Gasteiger partial charge < -0.3 is 0 Å². The molecule has 0 bridgehead atoms. The molecule has 0 aromatic heterocycles. The van der Waals surface area contributed by atoms with Crippen LogP contribution in [0.25, 0.3) is 0 Å². The van der Waals surface area contributed by atoms with Gasteiger partial charge in [-0.1, -0.05) is 13.0 Å². The average Bonchev–Trinajstić information content (AvgIpc) is 2.09. The van der Waals surface area contributed by atoms with Crippen LogP contribution >= 0.6 is 0 Å². The minimum Gasteiger partial charge on any atom is -0.228 e. The number of rotatable bonds is 3. The van der Waals surface area contributed by atoms with Gasteiger partial charge in [0.25, 0.3) is 0 Å². The van der Waals surface area contributed by atoms with Crippen LogP contribution in [0.3, 0.4) is 0 Å². The van der Waals surface area contributed by atoms with Crippen molar-refractivity contribution in [3.8, 4) is 0 Å². The van der Waals surface area contributed by atoms with Crippen molar-refractivity contribution in [2.75, 3.05) is 0 Å². The summed E-state index contributed by atoms with van der Waals surface area (Å²) < 4.78 is 48.7. The molecule has 0 radical (unpaired) electrons. The summed E-state index contributed by atoms with van der Waals surface area (Å²) in [6.07, 6.45) is 0.0245. The lowest BCUT2D eigenvalue weighted by atomic mass is 10.1. The Bertz CT molecular complexity index is 439. The molecule has 0 amide bonds. The second kappa shape index (κ2) is 4.24. The lowest BCUT2D eigenvalue weighted by Crippen LogP contribution is -2.23. The molecule has 1 aromatic rings. The van der Waals surface area contributed by atoms with Crippen LogP contribution in [-0.4, -0.2) is 8.42 Å². The Morgan fingerprint density at radius 1 is 1.33 bits per heavy atom. The first-order valence-corrected chi connectivity index (χ1v) is 5.94. The summed E-state index contributed by atoms with van der Waals surface area (Å²) in [6, 6.07) is 3.18. The zero-order chi connectivity index (χ0) is 11.6. The van der Waals surface area contributed by atoms with Crippen molar-refractivity contribution in [3.63, 3.8) is 0 Å². The van der Waals surface area contributed by atoms with Crippen LogP contribution in [0.4, 0.5) is 8.78 Å². The molecule has 1 rings (SSSR count). The summed E-state index contributed by atoms with van der Waals surface area (Å²) in [6.45, 7) is 1.50. The van der Waals surface area contributed by atoms with E-state index in [-0.39, 0.29) is 6.42 Å². The molecule has 0 fully saturated rings. The van der Waals surface area contributed by atoms with Gasteiger partial charge in [-0.15, -0.1) is 0 Å². The van der Waals surface area contributed by atoms with Crippen LogP contribution in [0, 0.1) is 11.6 Å². The molecule has 2 N–H and O–H groups in total. The Hall–Kier alpha value is -1.01. The highest BCUT2D eigenvalue weighted by Gasteiger charge is 2.27. The Morgan fingerprint density at radius 3 is 2.13 bits per heavy atom. The lowest BCUT2D eigenvalue weighted by Gasteiger charge is -2.14. The van der Waals surface area contributed by atoms with Gasteiger partial charge in [-0.25, -0.2) is 22.3 Å². The van der Waals surface area contributed by atoms with Gasteiger partial charge in [-0.3, -0.25) is 0 Å². The van der Waals surface area contributed by atoms with E-state index in [1.165, 1.54) is 13.0 Å². The van der Waals surface area contributed by atoms with Crippen molar-refractivity contribution in [1.29, 1.82) is 0 Å². The summed E-state index contributed by atoms with van der Waals surface area (Å²) in [7, 11) is -3.99. The molecule has 1 aromatic carbocycles. The van der Waals surface area contributed by atoms with Crippen LogP contribution in [0.5, 0.6) is 0 Å². The van der Waals surface area contributed by atoms with Crippen LogP contribution in [0.1, 0.15) is 24.2 Å². The maximum atomic E-state index is 13.3. The Balaban J connectivity index is 3.37. The zero-order valence-electron chi connectivity index (χ0n) is 8.07. The van der Waals surface area contributed by atoms with E-state index in [9.17, 15) is 17.2 Å². The van der Waals surface area contributed by atoms with Gasteiger partial charge in [0, 0.05) is 5.56 Å². The van der Waals surface area contributed by atoms with E-state index in [2.05, 4.69) is 0 Å². The molecular formula is C9H11F2NO2S. The second-order valence-corrected chi connectivity index (χ2v) is 4.87. The minimum atomic E-state index is -3.99. The summed E-state index contributed by atoms with van der Waals surface area (Å²) in [5, 5.41) is 3.56. The van der Waals surface area contributed by atoms with Gasteiger partial charge >= 0.3 is 0 Å². The predicted octanol–water partition coefficient (Wildman–Crippen LogP) is 1.70. The van der Waals surface area contributed by atoms with Crippen LogP contribution < -0.4 is 5.14 Å². The van der Waals surface area contributed by atoms with Crippen molar-refractivity contribution in [3.05, 3.63) is 35.4 Å². The maximum absolute atomic E-state index is 13.3. The number of nitrogens with two attached hydrogens (primary N) is 1. The molecule has 0 aliphatic carbocycles. The third-order valence-electron chi connectivity index (χ3n) is 2.09. The standard InChI is InChI=1S/C9H11F2NO2S/c1-2-8(15(12,13)14)9-6(10)4-3-5-7(9)11/h3-5,8H,2H2,1H3,(H2,12,13,14). The van der Waals surface area contributed by atoms with E-state index in [1.54, 1.807) is 0 Å². The first kappa shape index (κ1) is 12.1. The van der Waals surface area contributed by atoms with Crippen LogP contribution in [0.2, 0.25) is 0 Å². The van der Waals surface area contributed by atoms with Crippen molar-refractivity contribution < 1.29 is 17.2 Å². The summed E-state index contributed by atoms with van der Waals surface area (Å²) in [5.74, 6) is -1.79. The first-order valence-electron chi connectivity index (χ1n) is 4.33. The Kier molecular flexibility index (Phi) is 3.41. The zero-order valence-corrected chi connectivity index (χ0v) is 8.89. The number of benzene rings is 1. The molecule has 84 valence electrons. The molecular weight excluding hydrogens is 224 g/mol. The average molecular weight is 235 g/mol. The van der Waals surface area contributed by atoms with E-state index in [0.29, 0.717) is 0 Å². The molecule has 0 heterocycles. The first-order chi connectivity index (χ1) is 6.88. The molecule has 3 nitrogen and oxygen atoms in total. The molecule has 0 saturated carbocycles. The molecule has 0 aliphatic heterocycles. The molecule has 15 heavy (non-hydrogen) atoms. The van der Waals surface area contributed by atoms with Gasteiger partial charge in [0.05, 0.1) is 0 Å². The number of sulfonamides is 1. The van der Waals surface area contributed by atoms with Crippen molar-refractivity contribution in [2.24, 2.45) is 5.14 Å². The quantitative estimate of drug-likeness (QED) is 0.866. The van der Waals surface area contributed by atoms with Gasteiger partial charge in [0.1, 0.15) is 16.9 Å². The van der Waals surface area contributed by atoms with Crippen LogP contribution in [-0.2, 0) is 10.0 Å². The van der Waals surface area contributed by atoms with E-state index in [4.69, 9.17) is 5.14 Å². The largest absolute Gasteiger partial charge is 0.228 e. The van der Waals surface area contributed by atoms with E-state index >= 15 is 0 Å². The highest BCUT2D eigenvalue weighted by molar-refractivity contribution is 7.89. The van der Waals surface area contributed by atoms with Gasteiger partial charge in [0.2, 0.25) is 10.0 Å². The summed E-state index contributed by atoms with van der Waals surface area (Å²) in [5.41, 5.74) is -0.484. The molecule has 6 heteroatoms. The van der Waals surface area contributed by atoms with Gasteiger partial charge in [-0.2, -0.15) is 0 Å². The smallest absolute Gasteiger partial charge is 0.216 e. The molecule has 0 spiro atoms. The van der Waals surface area contributed by atoms with Crippen molar-refractivity contribution in [2.45, 2.75) is 18.6 Å². The Morgan fingerprint density at radius 2 is 1.80 bits per heavy atom. The molecule has 1 unspecified atom stereocenters. The van der Waals surface area contributed by atoms with E-state index in [0.717, 1.165) is 12.1 Å². The lowest BCUT2D eigenvalue weighted by molar-refractivity contribution is 0.531. The fourth-order valence-corrected chi connectivity index (χ4v) is 2.44. The molecule has 1 atom stereocenters. The summed E-state index contributed by atoms with van der Waals surface area (Å²) >= 11 is 0. The fraction of sp³-hybridized carbons (Fsp3) is 0.333. The predicted molar refractivity (Wildman–Crippen MR) is 52.5 cm³/mol. The molecule has 0 saturated heterocycles. The minimum absolute atomic E-state index is 0.0245. The normalized spacial score (nSPS) is 13.9. The van der Waals surface area contributed by atoms with E-state index < -0.39 is 32.5 Å². The van der Waals surface area contributed by atoms with Crippen molar-refractivity contribution in [1.82, 2.24) is 0 Å². The van der Waals surface area contributed by atoms with Crippen molar-refractivity contribution >= 4 is 10.0 Å². The highest BCUT2D eigenvalue weighted by atomic mass is 32.2. The summed E-state index contributed by atoms with van der Waals surface area (Å²) in [4.78, 5) is 0. The number of primary sulfonamides is 1. The van der Waals surface area contributed by atoms with Crippen LogP contribution in [0.15, 0.2) is 18.2 Å². The monoisotopic (exact) mass is 235 g/mol. The third-order valence-corrected chi connectivity index (χ3v) is 3.45. The second-order valence-electron chi connectivity index (χ2n) is 3.12. The topological polar surface area (TPSA) is 60.2 Å². The van der Waals surface area contributed by atoms with Gasteiger partial charge in [-0.05, 0) is 18.6 Å². The number of halogens is 2. The van der Waals surface area contributed by atoms with E-state index in [1.807, 2.05) is 0 Å². The fourth-order valence-electron chi connectivity index (χ4n) is 1.42. The molecule has 0 aliphatic rings. The SMILES string of the molecule is CCC(c1c(F)cccc1F)S(N)(=O)=O. The number of hydrogen-bond donors (Lipinski definition) is 1. The Labute approximate surface area is 87.0 Å². The van der Waals surface area contributed by atoms with Gasteiger partial charge in [0.15, 0.2) is 0 Å². The highest BCUT2D eigenvalue weighted by Crippen LogP contribution is 2.28. The third kappa shape index (κ3) is 2.51. The number of hydrogen-bond acceptors (Lipinski definition) is 2. The maximum Gasteiger partial charge on any atom is 0.216 e.